The Balaban J connectivity index is 2.23. The fourth-order valence-electron chi connectivity index (χ4n) is 3.25. The number of hydrogen-bond donors (Lipinski definition) is 0. The van der Waals surface area contributed by atoms with Crippen molar-refractivity contribution in [3.8, 4) is 0 Å². The lowest BCUT2D eigenvalue weighted by Gasteiger charge is -2.41. The molecule has 2 aliphatic rings. The molecule has 1 aliphatic carbocycles. The fourth-order valence-corrected chi connectivity index (χ4v) is 4.62. The Kier molecular flexibility index (Phi) is 4.63. The molecule has 6 heteroatoms. The van der Waals surface area contributed by atoms with E-state index in [1.807, 2.05) is 0 Å². The minimum absolute atomic E-state index is 0.0798. The number of hydrogen-bond acceptors (Lipinski definition) is 3. The molecule has 0 bridgehead atoms. The Morgan fingerprint density at radius 3 is 2.42 bits per heavy atom. The lowest BCUT2D eigenvalue weighted by Crippen LogP contribution is -2.53. The Bertz CT molecular complexity index is 433. The van der Waals surface area contributed by atoms with Crippen molar-refractivity contribution in [1.29, 1.82) is 0 Å². The maximum absolute atomic E-state index is 12.4. The highest BCUT2D eigenvalue weighted by atomic mass is 32.2. The quantitative estimate of drug-likeness (QED) is 0.789. The van der Waals surface area contributed by atoms with E-state index in [4.69, 9.17) is 0 Å². The summed E-state index contributed by atoms with van der Waals surface area (Å²) in [5.74, 6) is 0.181. The van der Waals surface area contributed by atoms with Gasteiger partial charge in [0.05, 0.1) is 0 Å². The van der Waals surface area contributed by atoms with Crippen molar-refractivity contribution in [3.05, 3.63) is 0 Å². The summed E-state index contributed by atoms with van der Waals surface area (Å²) in [6.45, 7) is 0.551. The zero-order chi connectivity index (χ0) is 14.0. The monoisotopic (exact) mass is 288 g/mol. The smallest absolute Gasteiger partial charge is 0.281 e. The summed E-state index contributed by atoms with van der Waals surface area (Å²) < 4.78 is 27.6. The van der Waals surface area contributed by atoms with Crippen molar-refractivity contribution in [2.45, 2.75) is 51.0 Å². The van der Waals surface area contributed by atoms with Gasteiger partial charge in [0, 0.05) is 39.0 Å². The molecule has 2 atom stereocenters. The standard InChI is InChI=1S/C13H24N2O3S/c1-14(2)19(17,18)15-10-6-5-8-12(15)11-7-3-4-9-13(11)16/h11-12H,3-10H2,1-2H3. The molecule has 1 saturated carbocycles. The van der Waals surface area contributed by atoms with Gasteiger partial charge in [-0.15, -0.1) is 0 Å². The molecule has 1 heterocycles. The third-order valence-corrected chi connectivity index (χ3v) is 6.29. The molecule has 2 unspecified atom stereocenters. The molecule has 0 radical (unpaired) electrons. The second kappa shape index (κ2) is 5.89. The van der Waals surface area contributed by atoms with Gasteiger partial charge in [0.1, 0.15) is 5.78 Å². The van der Waals surface area contributed by atoms with E-state index < -0.39 is 10.2 Å². The molecule has 0 N–H and O–H groups in total. The molecule has 110 valence electrons. The summed E-state index contributed by atoms with van der Waals surface area (Å²) in [4.78, 5) is 12.1. The number of rotatable bonds is 3. The van der Waals surface area contributed by atoms with Gasteiger partial charge in [0.2, 0.25) is 0 Å². The minimum Gasteiger partial charge on any atom is -0.299 e. The van der Waals surface area contributed by atoms with Crippen molar-refractivity contribution < 1.29 is 13.2 Å². The highest BCUT2D eigenvalue weighted by Gasteiger charge is 2.41. The Morgan fingerprint density at radius 1 is 1.11 bits per heavy atom. The molecular formula is C13H24N2O3S. The molecule has 0 amide bonds. The van der Waals surface area contributed by atoms with Gasteiger partial charge in [-0.2, -0.15) is 17.0 Å². The molecule has 0 aromatic carbocycles. The van der Waals surface area contributed by atoms with Crippen LogP contribution in [0.15, 0.2) is 0 Å². The summed E-state index contributed by atoms with van der Waals surface area (Å²) in [7, 11) is -0.289. The maximum atomic E-state index is 12.4. The lowest BCUT2D eigenvalue weighted by molar-refractivity contribution is -0.126. The molecule has 1 saturated heterocycles. The summed E-state index contributed by atoms with van der Waals surface area (Å²) >= 11 is 0. The second-order valence-corrected chi connectivity index (χ2v) is 7.88. The number of carbonyl (C=O) groups is 1. The molecule has 19 heavy (non-hydrogen) atoms. The summed E-state index contributed by atoms with van der Waals surface area (Å²) in [6.07, 6.45) is 6.22. The minimum atomic E-state index is -3.41. The van der Waals surface area contributed by atoms with Crippen LogP contribution in [0.4, 0.5) is 0 Å². The van der Waals surface area contributed by atoms with E-state index in [1.165, 1.54) is 4.31 Å². The van der Waals surface area contributed by atoms with E-state index in [1.54, 1.807) is 18.4 Å². The van der Waals surface area contributed by atoms with Crippen LogP contribution in [0.1, 0.15) is 44.9 Å². The van der Waals surface area contributed by atoms with Gasteiger partial charge in [-0.1, -0.05) is 12.8 Å². The van der Waals surface area contributed by atoms with E-state index in [2.05, 4.69) is 0 Å². The van der Waals surface area contributed by atoms with Gasteiger partial charge < -0.3 is 0 Å². The topological polar surface area (TPSA) is 57.7 Å². The van der Waals surface area contributed by atoms with Crippen LogP contribution in [0, 0.1) is 5.92 Å². The van der Waals surface area contributed by atoms with Gasteiger partial charge in [0.15, 0.2) is 0 Å². The average Bonchev–Trinajstić information content (AvgIpc) is 2.39. The molecule has 0 aromatic rings. The van der Waals surface area contributed by atoms with Crippen LogP contribution in [0.25, 0.3) is 0 Å². The van der Waals surface area contributed by atoms with Crippen LogP contribution in [0.2, 0.25) is 0 Å². The molecule has 0 spiro atoms. The first-order valence-corrected chi connectivity index (χ1v) is 8.56. The van der Waals surface area contributed by atoms with Gasteiger partial charge >= 0.3 is 0 Å². The van der Waals surface area contributed by atoms with Gasteiger partial charge in [0.25, 0.3) is 10.2 Å². The SMILES string of the molecule is CN(C)S(=O)(=O)N1CCCCC1C1CCCCC1=O. The Labute approximate surface area is 116 Å². The number of nitrogens with zero attached hydrogens (tertiary/aromatic N) is 2. The van der Waals surface area contributed by atoms with E-state index >= 15 is 0 Å². The van der Waals surface area contributed by atoms with Gasteiger partial charge in [-0.25, -0.2) is 0 Å². The van der Waals surface area contributed by atoms with Crippen LogP contribution < -0.4 is 0 Å². The van der Waals surface area contributed by atoms with Crippen molar-refractivity contribution in [2.75, 3.05) is 20.6 Å². The Morgan fingerprint density at radius 2 is 1.79 bits per heavy atom. The maximum Gasteiger partial charge on any atom is 0.281 e. The van der Waals surface area contributed by atoms with Crippen LogP contribution in [-0.4, -0.2) is 49.5 Å². The van der Waals surface area contributed by atoms with Crippen molar-refractivity contribution in [1.82, 2.24) is 8.61 Å². The zero-order valence-electron chi connectivity index (χ0n) is 11.8. The van der Waals surface area contributed by atoms with Crippen molar-refractivity contribution >= 4 is 16.0 Å². The first kappa shape index (κ1) is 14.9. The highest BCUT2D eigenvalue weighted by Crippen LogP contribution is 2.33. The van der Waals surface area contributed by atoms with Crippen LogP contribution >= 0.6 is 0 Å². The normalized spacial score (nSPS) is 30.8. The molecule has 0 aromatic heterocycles. The van der Waals surface area contributed by atoms with E-state index in [0.29, 0.717) is 13.0 Å². The first-order valence-electron chi connectivity index (χ1n) is 7.16. The highest BCUT2D eigenvalue weighted by molar-refractivity contribution is 7.86. The third-order valence-electron chi connectivity index (χ3n) is 4.32. The molecular weight excluding hydrogens is 264 g/mol. The average molecular weight is 288 g/mol. The van der Waals surface area contributed by atoms with Crippen LogP contribution in [-0.2, 0) is 15.0 Å². The summed E-state index contributed by atoms with van der Waals surface area (Å²) in [6, 6.07) is -0.117. The summed E-state index contributed by atoms with van der Waals surface area (Å²) in [5, 5.41) is 0. The zero-order valence-corrected chi connectivity index (χ0v) is 12.7. The largest absolute Gasteiger partial charge is 0.299 e. The van der Waals surface area contributed by atoms with Crippen LogP contribution in [0.3, 0.4) is 0 Å². The van der Waals surface area contributed by atoms with Gasteiger partial charge in [-0.3, -0.25) is 4.79 Å². The van der Waals surface area contributed by atoms with E-state index in [-0.39, 0.29) is 17.7 Å². The van der Waals surface area contributed by atoms with Gasteiger partial charge in [-0.05, 0) is 25.7 Å². The predicted molar refractivity (Wildman–Crippen MR) is 73.9 cm³/mol. The summed E-state index contributed by atoms with van der Waals surface area (Å²) in [5.41, 5.74) is 0. The predicted octanol–water partition coefficient (Wildman–Crippen LogP) is 1.41. The lowest BCUT2D eigenvalue weighted by atomic mass is 9.80. The van der Waals surface area contributed by atoms with Crippen LogP contribution in [0.5, 0.6) is 0 Å². The van der Waals surface area contributed by atoms with Crippen molar-refractivity contribution in [3.63, 3.8) is 0 Å². The molecule has 5 nitrogen and oxygen atoms in total. The second-order valence-electron chi connectivity index (χ2n) is 5.78. The first-order chi connectivity index (χ1) is 8.94. The van der Waals surface area contributed by atoms with E-state index in [0.717, 1.165) is 38.5 Å². The Hall–Kier alpha value is -0.460. The van der Waals surface area contributed by atoms with E-state index in [9.17, 15) is 13.2 Å². The molecule has 1 aliphatic heterocycles. The number of ketones is 1. The van der Waals surface area contributed by atoms with Crippen molar-refractivity contribution in [2.24, 2.45) is 5.92 Å². The number of carbonyl (C=O) groups excluding carboxylic acids is 1. The third kappa shape index (κ3) is 3.01. The molecule has 2 fully saturated rings. The fraction of sp³-hybridized carbons (Fsp3) is 0.923. The number of Topliss-reactive ketones (excluding diaryl/α,β-unsaturated/α-hetero) is 1. The number of piperidine rings is 1. The molecule has 2 rings (SSSR count).